The SMILES string of the molecule is CC(C)COc1ccc(-c2cn(C)c3cc(C(=O)O)ccc23)cc1. The normalized spacial score (nSPS) is 11.2. The minimum absolute atomic E-state index is 0.299. The number of rotatable bonds is 5. The van der Waals surface area contributed by atoms with E-state index in [9.17, 15) is 4.79 Å². The number of carboxylic acid groups (broad SMARTS) is 1. The molecule has 0 aliphatic heterocycles. The summed E-state index contributed by atoms with van der Waals surface area (Å²) in [6.07, 6.45) is 2.03. The number of hydrogen-bond acceptors (Lipinski definition) is 2. The topological polar surface area (TPSA) is 51.5 Å². The minimum Gasteiger partial charge on any atom is -0.493 e. The Morgan fingerprint density at radius 1 is 1.17 bits per heavy atom. The maximum absolute atomic E-state index is 11.2. The Balaban J connectivity index is 1.96. The van der Waals surface area contributed by atoms with Crippen LogP contribution in [0.15, 0.2) is 48.7 Å². The summed E-state index contributed by atoms with van der Waals surface area (Å²) in [6.45, 7) is 4.94. The minimum atomic E-state index is -0.911. The maximum Gasteiger partial charge on any atom is 0.335 e. The van der Waals surface area contributed by atoms with Gasteiger partial charge >= 0.3 is 5.97 Å². The zero-order valence-corrected chi connectivity index (χ0v) is 14.1. The third kappa shape index (κ3) is 3.13. The van der Waals surface area contributed by atoms with Crippen LogP contribution in [0, 0.1) is 5.92 Å². The van der Waals surface area contributed by atoms with E-state index in [1.54, 1.807) is 12.1 Å². The van der Waals surface area contributed by atoms with Crippen molar-refractivity contribution in [1.29, 1.82) is 0 Å². The van der Waals surface area contributed by atoms with Gasteiger partial charge in [-0.15, -0.1) is 0 Å². The van der Waals surface area contributed by atoms with E-state index in [2.05, 4.69) is 13.8 Å². The lowest BCUT2D eigenvalue weighted by atomic mass is 10.0. The molecule has 1 heterocycles. The first-order valence-corrected chi connectivity index (χ1v) is 8.01. The molecule has 24 heavy (non-hydrogen) atoms. The van der Waals surface area contributed by atoms with Crippen LogP contribution >= 0.6 is 0 Å². The Morgan fingerprint density at radius 3 is 2.50 bits per heavy atom. The van der Waals surface area contributed by atoms with Gasteiger partial charge in [0.25, 0.3) is 0 Å². The molecular formula is C20H21NO3. The van der Waals surface area contributed by atoms with Crippen molar-refractivity contribution in [2.24, 2.45) is 13.0 Å². The van der Waals surface area contributed by atoms with Crippen LogP contribution in [0.1, 0.15) is 24.2 Å². The molecule has 3 aromatic rings. The molecule has 1 N–H and O–H groups in total. The van der Waals surface area contributed by atoms with Gasteiger partial charge in [0.1, 0.15) is 5.75 Å². The van der Waals surface area contributed by atoms with Gasteiger partial charge in [-0.25, -0.2) is 4.79 Å². The van der Waals surface area contributed by atoms with E-state index >= 15 is 0 Å². The van der Waals surface area contributed by atoms with E-state index < -0.39 is 5.97 Å². The van der Waals surface area contributed by atoms with Crippen LogP contribution in [0.25, 0.3) is 22.0 Å². The van der Waals surface area contributed by atoms with E-state index in [1.165, 1.54) is 0 Å². The third-order valence-electron chi connectivity index (χ3n) is 3.99. The summed E-state index contributed by atoms with van der Waals surface area (Å²) in [5, 5.41) is 10.2. The van der Waals surface area contributed by atoms with Crippen LogP contribution in [0.4, 0.5) is 0 Å². The predicted octanol–water partition coefficient (Wildman–Crippen LogP) is 4.58. The van der Waals surface area contributed by atoms with E-state index in [-0.39, 0.29) is 0 Å². The Morgan fingerprint density at radius 2 is 1.88 bits per heavy atom. The highest BCUT2D eigenvalue weighted by molar-refractivity contribution is 6.00. The second-order valence-electron chi connectivity index (χ2n) is 6.42. The molecule has 0 aliphatic rings. The second-order valence-corrected chi connectivity index (χ2v) is 6.42. The van der Waals surface area contributed by atoms with Gasteiger partial charge in [-0.05, 0) is 35.7 Å². The van der Waals surface area contributed by atoms with Gasteiger partial charge in [-0.3, -0.25) is 0 Å². The third-order valence-corrected chi connectivity index (χ3v) is 3.99. The first-order valence-electron chi connectivity index (χ1n) is 8.01. The van der Waals surface area contributed by atoms with Crippen molar-refractivity contribution < 1.29 is 14.6 Å². The van der Waals surface area contributed by atoms with Gasteiger partial charge < -0.3 is 14.4 Å². The van der Waals surface area contributed by atoms with Crippen molar-refractivity contribution in [2.75, 3.05) is 6.61 Å². The van der Waals surface area contributed by atoms with Crippen LogP contribution in [-0.4, -0.2) is 22.2 Å². The first kappa shape index (κ1) is 16.1. The van der Waals surface area contributed by atoms with E-state index in [0.717, 1.165) is 27.8 Å². The van der Waals surface area contributed by atoms with Crippen LogP contribution in [-0.2, 0) is 7.05 Å². The molecule has 0 radical (unpaired) electrons. The average molecular weight is 323 g/mol. The van der Waals surface area contributed by atoms with Crippen molar-refractivity contribution >= 4 is 16.9 Å². The predicted molar refractivity (Wildman–Crippen MR) is 95.6 cm³/mol. The van der Waals surface area contributed by atoms with Gasteiger partial charge in [0.15, 0.2) is 0 Å². The standard InChI is InChI=1S/C20H21NO3/c1-13(2)12-24-16-7-4-14(5-8-16)18-11-21(3)19-10-15(20(22)23)6-9-17(18)19/h4-11,13H,12H2,1-3H3,(H,22,23). The largest absolute Gasteiger partial charge is 0.493 e. The average Bonchev–Trinajstić information content (AvgIpc) is 2.90. The number of hydrogen-bond donors (Lipinski definition) is 1. The van der Waals surface area contributed by atoms with E-state index in [4.69, 9.17) is 9.84 Å². The van der Waals surface area contributed by atoms with Gasteiger partial charge in [0.05, 0.1) is 12.2 Å². The first-order chi connectivity index (χ1) is 11.5. The molecule has 0 unspecified atom stereocenters. The highest BCUT2D eigenvalue weighted by Gasteiger charge is 2.12. The van der Waals surface area contributed by atoms with Crippen LogP contribution in [0.2, 0.25) is 0 Å². The number of aromatic carboxylic acids is 1. The summed E-state index contributed by atoms with van der Waals surface area (Å²) in [5.74, 6) is 0.443. The Hall–Kier alpha value is -2.75. The number of fused-ring (bicyclic) bond motifs is 1. The van der Waals surface area contributed by atoms with Crippen LogP contribution < -0.4 is 4.74 Å². The molecule has 4 heteroatoms. The van der Waals surface area contributed by atoms with Crippen molar-refractivity contribution in [2.45, 2.75) is 13.8 Å². The number of ether oxygens (including phenoxy) is 1. The molecule has 1 aromatic heterocycles. The number of carboxylic acids is 1. The molecule has 0 saturated carbocycles. The zero-order chi connectivity index (χ0) is 17.3. The summed E-state index contributed by atoms with van der Waals surface area (Å²) < 4.78 is 7.68. The molecule has 124 valence electrons. The van der Waals surface area contributed by atoms with Crippen LogP contribution in [0.3, 0.4) is 0 Å². The summed E-state index contributed by atoms with van der Waals surface area (Å²) in [4.78, 5) is 11.2. The van der Waals surface area contributed by atoms with E-state index in [1.807, 2.05) is 48.1 Å². The molecule has 3 rings (SSSR count). The molecule has 0 atom stereocenters. The summed E-state index contributed by atoms with van der Waals surface area (Å²) in [7, 11) is 1.93. The monoisotopic (exact) mass is 323 g/mol. The summed E-state index contributed by atoms with van der Waals surface area (Å²) in [6, 6.07) is 13.3. The highest BCUT2D eigenvalue weighted by atomic mass is 16.5. The fraction of sp³-hybridized carbons (Fsp3) is 0.250. The number of aryl methyl sites for hydroxylation is 1. The van der Waals surface area contributed by atoms with Crippen molar-refractivity contribution in [3.05, 3.63) is 54.2 Å². The van der Waals surface area contributed by atoms with Gasteiger partial charge in [0.2, 0.25) is 0 Å². The van der Waals surface area contributed by atoms with Crippen molar-refractivity contribution in [1.82, 2.24) is 4.57 Å². The molecule has 0 amide bonds. The summed E-state index contributed by atoms with van der Waals surface area (Å²) >= 11 is 0. The number of benzene rings is 2. The highest BCUT2D eigenvalue weighted by Crippen LogP contribution is 2.31. The molecular weight excluding hydrogens is 302 g/mol. The zero-order valence-electron chi connectivity index (χ0n) is 14.1. The lowest BCUT2D eigenvalue weighted by molar-refractivity contribution is 0.0697. The molecule has 0 aliphatic carbocycles. The smallest absolute Gasteiger partial charge is 0.335 e. The fourth-order valence-corrected chi connectivity index (χ4v) is 2.74. The molecule has 4 nitrogen and oxygen atoms in total. The van der Waals surface area contributed by atoms with Crippen LogP contribution in [0.5, 0.6) is 5.75 Å². The number of aromatic nitrogens is 1. The lowest BCUT2D eigenvalue weighted by Gasteiger charge is -2.09. The second kappa shape index (κ2) is 6.40. The fourth-order valence-electron chi connectivity index (χ4n) is 2.74. The number of carbonyl (C=O) groups is 1. The molecule has 0 bridgehead atoms. The Labute approximate surface area is 141 Å². The molecule has 0 spiro atoms. The van der Waals surface area contributed by atoms with Gasteiger partial charge in [-0.2, -0.15) is 0 Å². The summed E-state index contributed by atoms with van der Waals surface area (Å²) in [5.41, 5.74) is 3.37. The molecule has 2 aromatic carbocycles. The number of nitrogens with zero attached hydrogens (tertiary/aromatic N) is 1. The Kier molecular flexibility index (Phi) is 4.30. The molecule has 0 saturated heterocycles. The van der Waals surface area contributed by atoms with Gasteiger partial charge in [0, 0.05) is 29.7 Å². The van der Waals surface area contributed by atoms with Crippen molar-refractivity contribution in [3.8, 4) is 16.9 Å². The maximum atomic E-state index is 11.2. The Bertz CT molecular complexity index is 876. The van der Waals surface area contributed by atoms with Crippen molar-refractivity contribution in [3.63, 3.8) is 0 Å². The quantitative estimate of drug-likeness (QED) is 0.748. The lowest BCUT2D eigenvalue weighted by Crippen LogP contribution is -2.04. The molecule has 0 fully saturated rings. The van der Waals surface area contributed by atoms with Gasteiger partial charge in [-0.1, -0.05) is 32.0 Å². The van der Waals surface area contributed by atoms with E-state index in [0.29, 0.717) is 18.1 Å².